The summed E-state index contributed by atoms with van der Waals surface area (Å²) in [5.74, 6) is 3.22. The summed E-state index contributed by atoms with van der Waals surface area (Å²) >= 11 is 1.38. The monoisotopic (exact) mass is 415 g/mol. The van der Waals surface area contributed by atoms with Gasteiger partial charge < -0.3 is 24.1 Å². The Kier molecular flexibility index (Phi) is 6.96. The molecule has 0 saturated heterocycles. The lowest BCUT2D eigenvalue weighted by molar-refractivity contribution is -0.113. The second-order valence-corrected chi connectivity index (χ2v) is 6.81. The van der Waals surface area contributed by atoms with E-state index in [-0.39, 0.29) is 11.7 Å². The molecule has 0 aliphatic heterocycles. The quantitative estimate of drug-likeness (QED) is 0.566. The first kappa shape index (κ1) is 20.5. The molecule has 9 heteroatoms. The molecule has 1 N–H and O–H groups in total. The van der Waals surface area contributed by atoms with Gasteiger partial charge in [-0.15, -0.1) is 11.8 Å². The van der Waals surface area contributed by atoms with Crippen LogP contribution in [0.15, 0.2) is 47.0 Å². The number of anilines is 1. The van der Waals surface area contributed by atoms with Gasteiger partial charge in [-0.3, -0.25) is 4.79 Å². The molecule has 1 aromatic heterocycles. The Morgan fingerprint density at radius 3 is 2.55 bits per heavy atom. The van der Waals surface area contributed by atoms with Gasteiger partial charge in [0.25, 0.3) is 0 Å². The molecule has 0 saturated carbocycles. The molecule has 2 aromatic carbocycles. The van der Waals surface area contributed by atoms with Gasteiger partial charge in [-0.05, 0) is 30.3 Å². The number of hydrogen-bond acceptors (Lipinski definition) is 8. The fraction of sp³-hybridized carbons (Fsp3) is 0.250. The molecule has 0 unspecified atom stereocenters. The fourth-order valence-corrected chi connectivity index (χ4v) is 3.22. The maximum atomic E-state index is 12.1. The van der Waals surface area contributed by atoms with E-state index >= 15 is 0 Å². The molecule has 3 rings (SSSR count). The molecule has 1 heterocycles. The molecule has 0 spiro atoms. The maximum Gasteiger partial charge on any atom is 0.236 e. The molecule has 0 atom stereocenters. The molecule has 29 heavy (non-hydrogen) atoms. The van der Waals surface area contributed by atoms with E-state index in [1.54, 1.807) is 45.6 Å². The lowest BCUT2D eigenvalue weighted by Crippen LogP contribution is -2.14. The van der Waals surface area contributed by atoms with Gasteiger partial charge in [-0.2, -0.15) is 4.98 Å². The Morgan fingerprint density at radius 2 is 1.79 bits per heavy atom. The topological polar surface area (TPSA) is 95.7 Å². The Morgan fingerprint density at radius 1 is 1.03 bits per heavy atom. The predicted molar refractivity (Wildman–Crippen MR) is 111 cm³/mol. The number of amides is 1. The Labute approximate surface area is 172 Å². The summed E-state index contributed by atoms with van der Waals surface area (Å²) in [6.45, 7) is 0. The van der Waals surface area contributed by atoms with E-state index in [4.69, 9.17) is 18.7 Å². The molecule has 1 amide bonds. The molecular weight excluding hydrogens is 394 g/mol. The third kappa shape index (κ3) is 5.20. The van der Waals surface area contributed by atoms with Crippen molar-refractivity contribution in [1.82, 2.24) is 10.1 Å². The normalized spacial score (nSPS) is 10.4. The summed E-state index contributed by atoms with van der Waals surface area (Å²) in [4.78, 5) is 16.5. The van der Waals surface area contributed by atoms with Crippen LogP contribution in [0, 0.1) is 0 Å². The van der Waals surface area contributed by atoms with Crippen LogP contribution in [0.2, 0.25) is 0 Å². The van der Waals surface area contributed by atoms with Crippen LogP contribution in [0.25, 0.3) is 11.4 Å². The van der Waals surface area contributed by atoms with Crippen molar-refractivity contribution in [1.29, 1.82) is 0 Å². The first-order valence-electron chi connectivity index (χ1n) is 8.70. The average molecular weight is 415 g/mol. The van der Waals surface area contributed by atoms with Crippen LogP contribution < -0.4 is 19.5 Å². The van der Waals surface area contributed by atoms with Gasteiger partial charge in [0.15, 0.2) is 11.5 Å². The summed E-state index contributed by atoms with van der Waals surface area (Å²) in [7, 11) is 4.70. The fourth-order valence-electron chi connectivity index (χ4n) is 2.57. The Balaban J connectivity index is 1.55. The minimum absolute atomic E-state index is 0.140. The van der Waals surface area contributed by atoms with Gasteiger partial charge in [0.2, 0.25) is 17.6 Å². The second kappa shape index (κ2) is 9.83. The number of ether oxygens (including phenoxy) is 3. The van der Waals surface area contributed by atoms with Gasteiger partial charge in [-0.25, -0.2) is 0 Å². The molecule has 0 aliphatic carbocycles. The van der Waals surface area contributed by atoms with Crippen molar-refractivity contribution in [3.63, 3.8) is 0 Å². The number of rotatable bonds is 9. The molecule has 8 nitrogen and oxygen atoms in total. The number of carbonyl (C=O) groups excluding carboxylic acids is 1. The van der Waals surface area contributed by atoms with E-state index in [2.05, 4.69) is 15.5 Å². The van der Waals surface area contributed by atoms with Gasteiger partial charge in [0, 0.05) is 5.56 Å². The zero-order chi connectivity index (χ0) is 20.6. The summed E-state index contributed by atoms with van der Waals surface area (Å²) < 4.78 is 21.0. The van der Waals surface area contributed by atoms with E-state index in [9.17, 15) is 4.79 Å². The molecule has 3 aromatic rings. The van der Waals surface area contributed by atoms with Crippen LogP contribution >= 0.6 is 11.8 Å². The van der Waals surface area contributed by atoms with Crippen molar-refractivity contribution >= 4 is 23.4 Å². The number of thioether (sulfide) groups is 1. The molecule has 0 fully saturated rings. The van der Waals surface area contributed by atoms with Crippen molar-refractivity contribution < 1.29 is 23.5 Å². The largest absolute Gasteiger partial charge is 0.495 e. The number of hydrogen-bond donors (Lipinski definition) is 1. The number of nitrogens with one attached hydrogen (secondary N) is 1. The first-order chi connectivity index (χ1) is 14.1. The van der Waals surface area contributed by atoms with Crippen molar-refractivity contribution in [3.8, 4) is 28.6 Å². The average Bonchev–Trinajstić information content (AvgIpc) is 3.22. The van der Waals surface area contributed by atoms with Gasteiger partial charge in [-0.1, -0.05) is 17.3 Å². The summed E-state index contributed by atoms with van der Waals surface area (Å²) in [5.41, 5.74) is 1.38. The highest BCUT2D eigenvalue weighted by Gasteiger charge is 2.13. The van der Waals surface area contributed by atoms with Gasteiger partial charge in [0.1, 0.15) is 5.75 Å². The summed E-state index contributed by atoms with van der Waals surface area (Å²) in [5, 5.41) is 6.82. The van der Waals surface area contributed by atoms with Crippen molar-refractivity contribution in [2.75, 3.05) is 32.4 Å². The van der Waals surface area contributed by atoms with Gasteiger partial charge in [0.05, 0.1) is 38.5 Å². The number of methoxy groups -OCH3 is 3. The van der Waals surface area contributed by atoms with E-state index in [1.165, 1.54) is 11.8 Å². The van der Waals surface area contributed by atoms with Crippen LogP contribution in [0.4, 0.5) is 5.69 Å². The molecule has 152 valence electrons. The number of aromatic nitrogens is 2. The lowest BCUT2D eigenvalue weighted by atomic mass is 10.2. The summed E-state index contributed by atoms with van der Waals surface area (Å²) in [6, 6.07) is 12.6. The predicted octanol–water partition coefficient (Wildman–Crippen LogP) is 3.63. The highest BCUT2D eigenvalue weighted by Crippen LogP contribution is 2.31. The van der Waals surface area contributed by atoms with Gasteiger partial charge >= 0.3 is 0 Å². The highest BCUT2D eigenvalue weighted by atomic mass is 32.2. The molecule has 0 radical (unpaired) electrons. The second-order valence-electron chi connectivity index (χ2n) is 5.82. The first-order valence-corrected chi connectivity index (χ1v) is 9.85. The Hall–Kier alpha value is -3.20. The van der Waals surface area contributed by atoms with Crippen LogP contribution in [0.3, 0.4) is 0 Å². The van der Waals surface area contributed by atoms with Crippen LogP contribution in [-0.2, 0) is 10.5 Å². The van der Waals surface area contributed by atoms with Crippen LogP contribution in [0.1, 0.15) is 5.89 Å². The van der Waals surface area contributed by atoms with Crippen LogP contribution in [-0.4, -0.2) is 43.1 Å². The SMILES string of the molecule is COc1ccccc1NC(=O)CSCc1nc(-c2ccc(OC)c(OC)c2)no1. The standard InChI is InChI=1S/C20H21N3O5S/c1-25-15-7-5-4-6-14(15)21-18(24)11-29-12-19-22-20(23-28-19)13-8-9-16(26-2)17(10-13)27-3/h4-10H,11-12H2,1-3H3,(H,21,24). The van der Waals surface area contributed by atoms with Crippen molar-refractivity contribution in [3.05, 3.63) is 48.4 Å². The van der Waals surface area contributed by atoms with E-state index in [0.29, 0.717) is 40.4 Å². The number of benzene rings is 2. The minimum atomic E-state index is -0.140. The number of para-hydroxylation sites is 2. The molecular formula is C20H21N3O5S. The molecule has 0 bridgehead atoms. The number of carbonyl (C=O) groups is 1. The minimum Gasteiger partial charge on any atom is -0.495 e. The third-order valence-electron chi connectivity index (χ3n) is 3.95. The smallest absolute Gasteiger partial charge is 0.236 e. The zero-order valence-corrected chi connectivity index (χ0v) is 17.1. The van der Waals surface area contributed by atoms with E-state index in [1.807, 2.05) is 18.2 Å². The Bertz CT molecular complexity index is 976. The van der Waals surface area contributed by atoms with Crippen molar-refractivity contribution in [2.45, 2.75) is 5.75 Å². The molecule has 0 aliphatic rings. The van der Waals surface area contributed by atoms with Crippen LogP contribution in [0.5, 0.6) is 17.2 Å². The van der Waals surface area contributed by atoms with E-state index in [0.717, 1.165) is 5.56 Å². The van der Waals surface area contributed by atoms with Crippen molar-refractivity contribution in [2.24, 2.45) is 0 Å². The number of nitrogens with zero attached hydrogens (tertiary/aromatic N) is 2. The third-order valence-corrected chi connectivity index (χ3v) is 4.87. The zero-order valence-electron chi connectivity index (χ0n) is 16.3. The lowest BCUT2D eigenvalue weighted by Gasteiger charge is -2.09. The van der Waals surface area contributed by atoms with E-state index < -0.39 is 0 Å². The summed E-state index contributed by atoms with van der Waals surface area (Å²) in [6.07, 6.45) is 0. The maximum absolute atomic E-state index is 12.1. The highest BCUT2D eigenvalue weighted by molar-refractivity contribution is 7.99.